The number of phenolic OH excluding ortho intramolecular Hbond substituents is 1. The summed E-state index contributed by atoms with van der Waals surface area (Å²) in [6.07, 6.45) is 0. The lowest BCUT2D eigenvalue weighted by molar-refractivity contribution is 0.0342. The lowest BCUT2D eigenvalue weighted by Crippen LogP contribution is -2.35. The molecule has 1 saturated heterocycles. The van der Waals surface area contributed by atoms with Gasteiger partial charge in [0.25, 0.3) is 0 Å². The largest absolute Gasteiger partial charge is 0.507 e. The Morgan fingerprint density at radius 3 is 2.60 bits per heavy atom. The topological polar surface area (TPSA) is 32.7 Å². The number of benzene rings is 2. The summed E-state index contributed by atoms with van der Waals surface area (Å²) in [7, 11) is 0. The van der Waals surface area contributed by atoms with Gasteiger partial charge in [-0.2, -0.15) is 0 Å². The van der Waals surface area contributed by atoms with Gasteiger partial charge in [0.15, 0.2) is 0 Å². The molecule has 3 rings (SSSR count). The van der Waals surface area contributed by atoms with Crippen LogP contribution in [0.4, 0.5) is 0 Å². The summed E-state index contributed by atoms with van der Waals surface area (Å²) in [5, 5.41) is 9.95. The third-order valence-corrected chi connectivity index (χ3v) is 3.65. The molecule has 0 atom stereocenters. The number of morpholine rings is 1. The van der Waals surface area contributed by atoms with Gasteiger partial charge in [-0.05, 0) is 23.3 Å². The highest BCUT2D eigenvalue weighted by atomic mass is 16.5. The van der Waals surface area contributed by atoms with Gasteiger partial charge in [0.2, 0.25) is 0 Å². The van der Waals surface area contributed by atoms with Gasteiger partial charge >= 0.3 is 0 Å². The lowest BCUT2D eigenvalue weighted by atomic mass is 10.0. The van der Waals surface area contributed by atoms with E-state index < -0.39 is 0 Å². The van der Waals surface area contributed by atoms with E-state index in [1.165, 1.54) is 5.56 Å². The van der Waals surface area contributed by atoms with Gasteiger partial charge < -0.3 is 9.84 Å². The first kappa shape index (κ1) is 13.2. The Morgan fingerprint density at radius 2 is 1.80 bits per heavy atom. The first-order valence-corrected chi connectivity index (χ1v) is 7.00. The van der Waals surface area contributed by atoms with Crippen LogP contribution in [0.25, 0.3) is 11.1 Å². The molecule has 2 aromatic rings. The highest BCUT2D eigenvalue weighted by molar-refractivity contribution is 5.70. The summed E-state index contributed by atoms with van der Waals surface area (Å²) in [5.74, 6) is 0.330. The fraction of sp³-hybridized carbons (Fsp3) is 0.294. The van der Waals surface area contributed by atoms with Crippen molar-refractivity contribution in [2.75, 3.05) is 26.3 Å². The zero-order valence-electron chi connectivity index (χ0n) is 11.5. The molecule has 0 unspecified atom stereocenters. The molecule has 3 heteroatoms. The second-order valence-corrected chi connectivity index (χ2v) is 5.11. The van der Waals surface area contributed by atoms with Crippen LogP contribution in [-0.4, -0.2) is 36.3 Å². The maximum Gasteiger partial charge on any atom is 0.123 e. The minimum atomic E-state index is 0.330. The number of nitrogens with zero attached hydrogens (tertiary/aromatic N) is 1. The monoisotopic (exact) mass is 269 g/mol. The van der Waals surface area contributed by atoms with Gasteiger partial charge in [-0.15, -0.1) is 0 Å². The number of aromatic hydroxyl groups is 1. The van der Waals surface area contributed by atoms with Crippen molar-refractivity contribution in [2.24, 2.45) is 0 Å². The number of hydrogen-bond donors (Lipinski definition) is 1. The van der Waals surface area contributed by atoms with E-state index in [4.69, 9.17) is 4.74 Å². The fourth-order valence-corrected chi connectivity index (χ4v) is 2.57. The third kappa shape index (κ3) is 3.00. The van der Waals surface area contributed by atoms with Crippen LogP contribution >= 0.6 is 0 Å². The van der Waals surface area contributed by atoms with E-state index in [1.54, 1.807) is 6.07 Å². The van der Waals surface area contributed by atoms with Crippen molar-refractivity contribution in [2.45, 2.75) is 6.54 Å². The lowest BCUT2D eigenvalue weighted by Gasteiger charge is -2.26. The molecule has 20 heavy (non-hydrogen) atoms. The smallest absolute Gasteiger partial charge is 0.123 e. The molecule has 1 N–H and O–H groups in total. The van der Waals surface area contributed by atoms with E-state index in [-0.39, 0.29) is 0 Å². The molecule has 0 aliphatic carbocycles. The second-order valence-electron chi connectivity index (χ2n) is 5.11. The standard InChI is InChI=1S/C17H19NO2/c19-17-7-2-1-6-16(17)15-5-3-4-14(12-15)13-18-8-10-20-11-9-18/h1-7,12,19H,8-11,13H2. The van der Waals surface area contributed by atoms with Gasteiger partial charge in [-0.1, -0.05) is 36.4 Å². The molecule has 1 aliphatic rings. The zero-order chi connectivity index (χ0) is 13.8. The average Bonchev–Trinajstić information content (AvgIpc) is 2.49. The highest BCUT2D eigenvalue weighted by Crippen LogP contribution is 2.29. The Bertz CT molecular complexity index is 577. The van der Waals surface area contributed by atoms with Crippen LogP contribution in [0.2, 0.25) is 0 Å². The predicted molar refractivity (Wildman–Crippen MR) is 79.6 cm³/mol. The number of para-hydroxylation sites is 1. The van der Waals surface area contributed by atoms with Crippen molar-refractivity contribution in [3.63, 3.8) is 0 Å². The minimum Gasteiger partial charge on any atom is -0.507 e. The van der Waals surface area contributed by atoms with E-state index in [1.807, 2.05) is 24.3 Å². The second kappa shape index (κ2) is 6.07. The van der Waals surface area contributed by atoms with E-state index in [0.29, 0.717) is 5.75 Å². The predicted octanol–water partition coefficient (Wildman–Crippen LogP) is 2.89. The number of phenols is 1. The van der Waals surface area contributed by atoms with Crippen molar-refractivity contribution in [3.8, 4) is 16.9 Å². The Kier molecular flexibility index (Phi) is 4.00. The molecule has 104 valence electrons. The normalized spacial score (nSPS) is 16.2. The molecular weight excluding hydrogens is 250 g/mol. The Morgan fingerprint density at radius 1 is 1.00 bits per heavy atom. The fourth-order valence-electron chi connectivity index (χ4n) is 2.57. The molecule has 3 nitrogen and oxygen atoms in total. The molecule has 0 aromatic heterocycles. The molecule has 0 amide bonds. The van der Waals surface area contributed by atoms with Crippen LogP contribution in [0.1, 0.15) is 5.56 Å². The number of hydrogen-bond acceptors (Lipinski definition) is 3. The summed E-state index contributed by atoms with van der Waals surface area (Å²) >= 11 is 0. The molecule has 0 radical (unpaired) electrons. The summed E-state index contributed by atoms with van der Waals surface area (Å²) in [6.45, 7) is 4.55. The van der Waals surface area contributed by atoms with Crippen molar-refractivity contribution < 1.29 is 9.84 Å². The molecule has 0 saturated carbocycles. The number of rotatable bonds is 3. The first-order chi connectivity index (χ1) is 9.83. The van der Waals surface area contributed by atoms with Gasteiger partial charge in [0.05, 0.1) is 13.2 Å². The van der Waals surface area contributed by atoms with Crippen LogP contribution in [0.3, 0.4) is 0 Å². The van der Waals surface area contributed by atoms with Gasteiger partial charge in [0, 0.05) is 25.2 Å². The van der Waals surface area contributed by atoms with Crippen molar-refractivity contribution in [1.82, 2.24) is 4.90 Å². The van der Waals surface area contributed by atoms with E-state index in [0.717, 1.165) is 44.0 Å². The van der Waals surface area contributed by atoms with Crippen molar-refractivity contribution >= 4 is 0 Å². The summed E-state index contributed by atoms with van der Waals surface area (Å²) in [6, 6.07) is 15.9. The van der Waals surface area contributed by atoms with Gasteiger partial charge in [0.1, 0.15) is 5.75 Å². The Balaban J connectivity index is 1.80. The quantitative estimate of drug-likeness (QED) is 0.930. The van der Waals surface area contributed by atoms with Gasteiger partial charge in [-0.3, -0.25) is 4.90 Å². The molecule has 1 fully saturated rings. The average molecular weight is 269 g/mol. The van der Waals surface area contributed by atoms with Crippen molar-refractivity contribution in [1.29, 1.82) is 0 Å². The van der Waals surface area contributed by atoms with Gasteiger partial charge in [-0.25, -0.2) is 0 Å². The van der Waals surface area contributed by atoms with Crippen LogP contribution in [0, 0.1) is 0 Å². The SMILES string of the molecule is Oc1ccccc1-c1cccc(CN2CCOCC2)c1. The Hall–Kier alpha value is -1.84. The van der Waals surface area contributed by atoms with Crippen LogP contribution in [0.15, 0.2) is 48.5 Å². The first-order valence-electron chi connectivity index (χ1n) is 7.00. The maximum atomic E-state index is 9.95. The molecule has 2 aromatic carbocycles. The maximum absolute atomic E-state index is 9.95. The van der Waals surface area contributed by atoms with Crippen LogP contribution < -0.4 is 0 Å². The summed E-state index contributed by atoms with van der Waals surface area (Å²) < 4.78 is 5.37. The van der Waals surface area contributed by atoms with E-state index in [9.17, 15) is 5.11 Å². The van der Waals surface area contributed by atoms with Crippen molar-refractivity contribution in [3.05, 3.63) is 54.1 Å². The summed E-state index contributed by atoms with van der Waals surface area (Å²) in [4.78, 5) is 2.40. The zero-order valence-corrected chi connectivity index (χ0v) is 11.5. The molecule has 0 bridgehead atoms. The van der Waals surface area contributed by atoms with E-state index in [2.05, 4.69) is 23.1 Å². The Labute approximate surface area is 119 Å². The minimum absolute atomic E-state index is 0.330. The third-order valence-electron chi connectivity index (χ3n) is 3.65. The molecule has 1 aliphatic heterocycles. The molecule has 0 spiro atoms. The van der Waals surface area contributed by atoms with Crippen LogP contribution in [0.5, 0.6) is 5.75 Å². The molecule has 1 heterocycles. The highest BCUT2D eigenvalue weighted by Gasteiger charge is 2.11. The molecular formula is C17H19NO2. The van der Waals surface area contributed by atoms with Crippen LogP contribution in [-0.2, 0) is 11.3 Å². The summed E-state index contributed by atoms with van der Waals surface area (Å²) in [5.41, 5.74) is 3.22. The van der Waals surface area contributed by atoms with E-state index >= 15 is 0 Å². The number of ether oxygens (including phenoxy) is 1.